The number of hydrogen-bond acceptors (Lipinski definition) is 4. The van der Waals surface area contributed by atoms with Crippen LogP contribution in [0.1, 0.15) is 16.2 Å². The molecule has 1 aromatic carbocycles. The second kappa shape index (κ2) is 3.87. The summed E-state index contributed by atoms with van der Waals surface area (Å²) in [5.74, 6) is -1.26. The minimum Gasteiger partial charge on any atom is -0.474 e. The first-order chi connectivity index (χ1) is 7.70. The third-order valence-corrected chi connectivity index (χ3v) is 1.96. The standard InChI is InChI=1S/C11H6N2O3/c12-5-7-2-1-3-8(4-7)9-6-13-10(16-9)11(14)15/h1-4,6H,(H,14,15). The molecule has 0 aliphatic heterocycles. The van der Waals surface area contributed by atoms with E-state index in [1.54, 1.807) is 24.3 Å². The predicted octanol–water partition coefficient (Wildman–Crippen LogP) is 1.91. The van der Waals surface area contributed by atoms with Crippen LogP contribution in [0, 0.1) is 11.3 Å². The predicted molar refractivity (Wildman–Crippen MR) is 53.6 cm³/mol. The van der Waals surface area contributed by atoms with E-state index in [0.29, 0.717) is 16.9 Å². The number of carboxylic acids is 1. The van der Waals surface area contributed by atoms with Gasteiger partial charge in [-0.1, -0.05) is 12.1 Å². The fourth-order valence-corrected chi connectivity index (χ4v) is 1.25. The highest BCUT2D eigenvalue weighted by molar-refractivity contribution is 5.82. The van der Waals surface area contributed by atoms with E-state index in [1.165, 1.54) is 6.20 Å². The van der Waals surface area contributed by atoms with Crippen molar-refractivity contribution in [3.63, 3.8) is 0 Å². The molecule has 0 bridgehead atoms. The van der Waals surface area contributed by atoms with E-state index >= 15 is 0 Å². The summed E-state index contributed by atoms with van der Waals surface area (Å²) >= 11 is 0. The van der Waals surface area contributed by atoms with Crippen molar-refractivity contribution < 1.29 is 14.3 Å². The second-order valence-corrected chi connectivity index (χ2v) is 3.03. The van der Waals surface area contributed by atoms with Gasteiger partial charge in [-0.25, -0.2) is 9.78 Å². The molecule has 78 valence electrons. The number of nitriles is 1. The Morgan fingerprint density at radius 1 is 1.50 bits per heavy atom. The first-order valence-electron chi connectivity index (χ1n) is 4.40. The number of carboxylic acid groups (broad SMARTS) is 1. The average Bonchev–Trinajstić information content (AvgIpc) is 2.78. The molecule has 16 heavy (non-hydrogen) atoms. The van der Waals surface area contributed by atoms with Crippen molar-refractivity contribution in [2.24, 2.45) is 0 Å². The molecule has 0 aliphatic rings. The van der Waals surface area contributed by atoms with Crippen LogP contribution < -0.4 is 0 Å². The van der Waals surface area contributed by atoms with Crippen molar-refractivity contribution in [1.82, 2.24) is 4.98 Å². The van der Waals surface area contributed by atoms with Gasteiger partial charge >= 0.3 is 11.9 Å². The van der Waals surface area contributed by atoms with E-state index in [1.807, 2.05) is 6.07 Å². The van der Waals surface area contributed by atoms with Gasteiger partial charge in [0.2, 0.25) is 0 Å². The molecule has 1 N–H and O–H groups in total. The van der Waals surface area contributed by atoms with Crippen LogP contribution in [0.15, 0.2) is 34.9 Å². The van der Waals surface area contributed by atoms with Crippen molar-refractivity contribution >= 4 is 5.97 Å². The Balaban J connectivity index is 2.43. The van der Waals surface area contributed by atoms with Gasteiger partial charge < -0.3 is 9.52 Å². The van der Waals surface area contributed by atoms with Gasteiger partial charge in [0.25, 0.3) is 0 Å². The van der Waals surface area contributed by atoms with Gasteiger partial charge in [0, 0.05) is 5.56 Å². The summed E-state index contributed by atoms with van der Waals surface area (Å²) in [5, 5.41) is 17.3. The number of aromatic carboxylic acids is 1. The molecular weight excluding hydrogens is 208 g/mol. The number of hydrogen-bond donors (Lipinski definition) is 1. The molecule has 0 saturated heterocycles. The van der Waals surface area contributed by atoms with Crippen LogP contribution in [0.25, 0.3) is 11.3 Å². The van der Waals surface area contributed by atoms with E-state index in [2.05, 4.69) is 4.98 Å². The number of carbonyl (C=O) groups is 1. The van der Waals surface area contributed by atoms with Crippen LogP contribution in [0.3, 0.4) is 0 Å². The van der Waals surface area contributed by atoms with Gasteiger partial charge in [-0.15, -0.1) is 0 Å². The Kier molecular flexibility index (Phi) is 2.40. The highest BCUT2D eigenvalue weighted by atomic mass is 16.4. The summed E-state index contributed by atoms with van der Waals surface area (Å²) in [6, 6.07) is 8.65. The van der Waals surface area contributed by atoms with Crippen molar-refractivity contribution in [2.75, 3.05) is 0 Å². The molecular formula is C11H6N2O3. The summed E-state index contributed by atoms with van der Waals surface area (Å²) in [4.78, 5) is 14.2. The largest absolute Gasteiger partial charge is 0.474 e. The zero-order valence-electron chi connectivity index (χ0n) is 8.04. The molecule has 5 nitrogen and oxygen atoms in total. The summed E-state index contributed by atoms with van der Waals surface area (Å²) in [6.07, 6.45) is 1.32. The van der Waals surface area contributed by atoms with Gasteiger partial charge in [-0.2, -0.15) is 5.26 Å². The molecule has 0 amide bonds. The van der Waals surface area contributed by atoms with E-state index in [-0.39, 0.29) is 5.89 Å². The van der Waals surface area contributed by atoms with E-state index in [4.69, 9.17) is 14.8 Å². The Morgan fingerprint density at radius 3 is 2.94 bits per heavy atom. The molecule has 0 radical (unpaired) electrons. The van der Waals surface area contributed by atoms with Gasteiger partial charge in [0.1, 0.15) is 0 Å². The molecule has 1 heterocycles. The molecule has 2 aromatic rings. The number of oxazole rings is 1. The fourth-order valence-electron chi connectivity index (χ4n) is 1.25. The fraction of sp³-hybridized carbons (Fsp3) is 0. The second-order valence-electron chi connectivity index (χ2n) is 3.03. The highest BCUT2D eigenvalue weighted by Gasteiger charge is 2.12. The van der Waals surface area contributed by atoms with Crippen LogP contribution in [0.5, 0.6) is 0 Å². The van der Waals surface area contributed by atoms with Crippen LogP contribution >= 0.6 is 0 Å². The van der Waals surface area contributed by atoms with Crippen molar-refractivity contribution in [1.29, 1.82) is 5.26 Å². The Labute approximate surface area is 90.6 Å². The minimum absolute atomic E-state index is 0.328. The molecule has 0 fully saturated rings. The summed E-state index contributed by atoms with van der Waals surface area (Å²) < 4.78 is 5.01. The van der Waals surface area contributed by atoms with Gasteiger partial charge in [-0.3, -0.25) is 0 Å². The number of benzene rings is 1. The third-order valence-electron chi connectivity index (χ3n) is 1.96. The maximum Gasteiger partial charge on any atom is 0.392 e. The van der Waals surface area contributed by atoms with Gasteiger partial charge in [-0.05, 0) is 12.1 Å². The number of aromatic nitrogens is 1. The Bertz CT molecular complexity index is 581. The maximum atomic E-state index is 10.6. The zero-order valence-corrected chi connectivity index (χ0v) is 8.04. The number of rotatable bonds is 2. The van der Waals surface area contributed by atoms with Crippen LogP contribution in [-0.4, -0.2) is 16.1 Å². The zero-order chi connectivity index (χ0) is 11.5. The first-order valence-corrected chi connectivity index (χ1v) is 4.40. The molecule has 0 aliphatic carbocycles. The average molecular weight is 214 g/mol. The summed E-state index contributed by atoms with van der Waals surface area (Å²) in [6.45, 7) is 0. The molecule has 1 aromatic heterocycles. The lowest BCUT2D eigenvalue weighted by atomic mass is 10.1. The van der Waals surface area contributed by atoms with Crippen LogP contribution in [0.2, 0.25) is 0 Å². The molecule has 0 atom stereocenters. The Morgan fingerprint density at radius 2 is 2.31 bits per heavy atom. The lowest BCUT2D eigenvalue weighted by Gasteiger charge is -1.95. The van der Waals surface area contributed by atoms with Crippen molar-refractivity contribution in [2.45, 2.75) is 0 Å². The summed E-state index contributed by atoms with van der Waals surface area (Å²) in [5.41, 5.74) is 1.10. The van der Waals surface area contributed by atoms with Crippen molar-refractivity contribution in [3.8, 4) is 17.4 Å². The maximum absolute atomic E-state index is 10.6. The minimum atomic E-state index is -1.22. The van der Waals surface area contributed by atoms with Gasteiger partial charge in [0.15, 0.2) is 5.76 Å². The SMILES string of the molecule is N#Cc1cccc(-c2cnc(C(=O)O)o2)c1. The third kappa shape index (κ3) is 1.77. The number of nitrogens with zero attached hydrogens (tertiary/aromatic N) is 2. The smallest absolute Gasteiger partial charge is 0.392 e. The van der Waals surface area contributed by atoms with Gasteiger partial charge in [0.05, 0.1) is 17.8 Å². The molecule has 0 spiro atoms. The van der Waals surface area contributed by atoms with E-state index in [9.17, 15) is 4.79 Å². The molecule has 2 rings (SSSR count). The molecule has 5 heteroatoms. The van der Waals surface area contributed by atoms with E-state index in [0.717, 1.165) is 0 Å². The topological polar surface area (TPSA) is 87.1 Å². The van der Waals surface area contributed by atoms with Crippen molar-refractivity contribution in [3.05, 3.63) is 41.9 Å². The Hall–Kier alpha value is -2.61. The quantitative estimate of drug-likeness (QED) is 0.824. The normalized spacial score (nSPS) is 9.69. The summed E-state index contributed by atoms with van der Waals surface area (Å²) in [7, 11) is 0. The first kappa shape index (κ1) is 9.93. The molecule has 0 unspecified atom stereocenters. The molecule has 0 saturated carbocycles. The van der Waals surface area contributed by atoms with Crippen LogP contribution in [0.4, 0.5) is 0 Å². The van der Waals surface area contributed by atoms with E-state index < -0.39 is 5.97 Å². The lowest BCUT2D eigenvalue weighted by Crippen LogP contribution is -1.94. The highest BCUT2D eigenvalue weighted by Crippen LogP contribution is 2.21. The monoisotopic (exact) mass is 214 g/mol. The van der Waals surface area contributed by atoms with Crippen LogP contribution in [-0.2, 0) is 0 Å². The lowest BCUT2D eigenvalue weighted by molar-refractivity contribution is 0.0654.